The lowest BCUT2D eigenvalue weighted by Gasteiger charge is -2.30. The van der Waals surface area contributed by atoms with Gasteiger partial charge in [0.1, 0.15) is 23.5 Å². The van der Waals surface area contributed by atoms with Crippen LogP contribution in [-0.4, -0.2) is 89.7 Å². The number of anilines is 4. The van der Waals surface area contributed by atoms with Gasteiger partial charge in [0.15, 0.2) is 10.9 Å². The summed E-state index contributed by atoms with van der Waals surface area (Å²) in [6, 6.07) is 29.7. The summed E-state index contributed by atoms with van der Waals surface area (Å²) >= 11 is 2.90. The molecule has 0 saturated heterocycles. The maximum Gasteiger partial charge on any atom is 0.408 e. The maximum absolute atomic E-state index is 13.6. The van der Waals surface area contributed by atoms with Crippen LogP contribution in [0.1, 0.15) is 56.7 Å². The van der Waals surface area contributed by atoms with E-state index in [-0.39, 0.29) is 47.1 Å². The number of Topliss-reactive ketones (excluding diaryl/α,β-unsaturated/α-hetero) is 1. The molecule has 4 aromatic heterocycles. The summed E-state index contributed by atoms with van der Waals surface area (Å²) in [4.78, 5) is 51.0. The van der Waals surface area contributed by atoms with E-state index in [1.807, 2.05) is 48.5 Å². The summed E-state index contributed by atoms with van der Waals surface area (Å²) in [5, 5.41) is 36.1. The van der Waals surface area contributed by atoms with Gasteiger partial charge in [0.2, 0.25) is 5.13 Å². The van der Waals surface area contributed by atoms with E-state index in [9.17, 15) is 45.8 Å². The number of carbonyl (C=O) groups excluding carboxylic acids is 1. The van der Waals surface area contributed by atoms with Gasteiger partial charge >= 0.3 is 24.3 Å². The van der Waals surface area contributed by atoms with Crippen LogP contribution in [0.2, 0.25) is 0 Å². The molecule has 72 heavy (non-hydrogen) atoms. The van der Waals surface area contributed by atoms with Crippen molar-refractivity contribution in [3.8, 4) is 22.5 Å². The van der Waals surface area contributed by atoms with Crippen molar-refractivity contribution in [2.45, 2.75) is 44.2 Å². The van der Waals surface area contributed by atoms with Crippen molar-refractivity contribution >= 4 is 88.2 Å². The van der Waals surface area contributed by atoms with Crippen molar-refractivity contribution in [1.29, 1.82) is 0 Å². The molecule has 0 saturated carbocycles. The summed E-state index contributed by atoms with van der Waals surface area (Å²) < 4.78 is 81.1. The summed E-state index contributed by atoms with van der Waals surface area (Å²) in [5.74, 6) is 2.23. The van der Waals surface area contributed by atoms with E-state index in [2.05, 4.69) is 46.5 Å². The zero-order chi connectivity index (χ0) is 51.7. The molecule has 6 heterocycles. The number of nitrogens with two attached hydrogens (primary N) is 1. The molecule has 2 atom stereocenters. The van der Waals surface area contributed by atoms with Crippen LogP contribution >= 0.6 is 22.7 Å². The zero-order valence-electron chi connectivity index (χ0n) is 37.3. The number of hydrazone groups is 1. The van der Waals surface area contributed by atoms with Crippen molar-refractivity contribution in [3.63, 3.8) is 0 Å². The number of rotatable bonds is 7. The highest BCUT2D eigenvalue weighted by Crippen LogP contribution is 2.37. The molecule has 2 unspecified atom stereocenters. The first-order valence-corrected chi connectivity index (χ1v) is 23.0. The Kier molecular flexibility index (Phi) is 16.1. The lowest BCUT2D eigenvalue weighted by molar-refractivity contribution is -0.142. The number of thiazole rings is 2. The Morgan fingerprint density at radius 1 is 0.667 bits per heavy atom. The number of nitrogen functional groups attached to an aromatic ring is 1. The van der Waals surface area contributed by atoms with Gasteiger partial charge in [0.25, 0.3) is 0 Å². The number of carboxylic acid groups (broad SMARTS) is 2. The van der Waals surface area contributed by atoms with Crippen LogP contribution in [0.5, 0.6) is 0 Å². The molecule has 10 rings (SSSR count). The molecule has 372 valence electrons. The first-order valence-electron chi connectivity index (χ1n) is 21.4. The Morgan fingerprint density at radius 3 is 1.61 bits per heavy atom. The topological polar surface area (TPSA) is 250 Å². The third-order valence-corrected chi connectivity index (χ3v) is 12.3. The quantitative estimate of drug-likeness (QED) is 0.0420. The van der Waals surface area contributed by atoms with Crippen molar-refractivity contribution < 1.29 is 56.0 Å². The van der Waals surface area contributed by atoms with Gasteiger partial charge in [0, 0.05) is 53.1 Å². The molecule has 24 heteroatoms. The van der Waals surface area contributed by atoms with Crippen molar-refractivity contribution in [1.82, 2.24) is 19.9 Å². The lowest BCUT2D eigenvalue weighted by atomic mass is 9.93. The van der Waals surface area contributed by atoms with Crippen LogP contribution in [0.4, 0.5) is 48.0 Å². The molecule has 9 N–H and O–H groups in total. The van der Waals surface area contributed by atoms with E-state index in [4.69, 9.17) is 16.1 Å². The van der Waals surface area contributed by atoms with Crippen molar-refractivity contribution in [3.05, 3.63) is 144 Å². The molecule has 16 nitrogen and oxygen atoms in total. The highest BCUT2D eigenvalue weighted by atomic mass is 32.1. The second-order valence-corrected chi connectivity index (χ2v) is 17.4. The minimum absolute atomic E-state index is 0.103. The normalized spacial score (nSPS) is 15.5. The van der Waals surface area contributed by atoms with Gasteiger partial charge in [-0.05, 0) is 79.7 Å². The molecule has 0 bridgehead atoms. The van der Waals surface area contributed by atoms with E-state index < -0.39 is 48.6 Å². The highest BCUT2D eigenvalue weighted by Gasteiger charge is 2.44. The molecule has 0 amide bonds. The van der Waals surface area contributed by atoms with Gasteiger partial charge in [-0.3, -0.25) is 15.6 Å². The fourth-order valence-corrected chi connectivity index (χ4v) is 8.69. The Bertz CT molecular complexity index is 3230. The largest absolute Gasteiger partial charge is 0.477 e. The monoisotopic (exact) mass is 1030 g/mol. The maximum atomic E-state index is 13.6. The highest BCUT2D eigenvalue weighted by molar-refractivity contribution is 7.22. The van der Waals surface area contributed by atoms with E-state index in [1.54, 1.807) is 48.6 Å². The number of aliphatic hydroxyl groups is 1. The van der Waals surface area contributed by atoms with Gasteiger partial charge in [-0.25, -0.2) is 35.4 Å². The molecule has 0 aliphatic carbocycles. The molecule has 2 aliphatic heterocycles. The van der Waals surface area contributed by atoms with Crippen LogP contribution < -0.4 is 27.3 Å². The number of aromatic carboxylic acids is 2. The molecule has 0 fully saturated rings. The number of pyridine rings is 2. The van der Waals surface area contributed by atoms with Crippen molar-refractivity contribution in [2.24, 2.45) is 10.9 Å². The number of hydrogen-bond donors (Lipinski definition) is 8. The number of hydrazine groups is 1. The number of fused-ring (bicyclic) bond motifs is 4. The minimum Gasteiger partial charge on any atom is -0.477 e. The summed E-state index contributed by atoms with van der Waals surface area (Å²) in [6.45, 7) is 1.93. The van der Waals surface area contributed by atoms with Crippen LogP contribution in [0, 0.1) is 0 Å². The number of halogens is 6. The van der Waals surface area contributed by atoms with Gasteiger partial charge in [-0.2, -0.15) is 31.4 Å². The Labute approximate surface area is 412 Å². The minimum atomic E-state index is -4.51. The van der Waals surface area contributed by atoms with Gasteiger partial charge < -0.3 is 26.0 Å². The number of nitrogens with one attached hydrogen (secondary N) is 4. The Hall–Kier alpha value is -8.06. The number of hydrogen-bond acceptors (Lipinski definition) is 16. The number of aromatic nitrogens is 4. The van der Waals surface area contributed by atoms with Crippen molar-refractivity contribution in [2.75, 3.05) is 28.1 Å². The second-order valence-electron chi connectivity index (χ2n) is 15.4. The predicted molar refractivity (Wildman–Crippen MR) is 264 cm³/mol. The fraction of sp³-hybridized carbons (Fsp3) is 0.167. The number of alkyl halides is 6. The van der Waals surface area contributed by atoms with Crippen LogP contribution in [0.15, 0.2) is 126 Å². The van der Waals surface area contributed by atoms with Crippen LogP contribution in [-0.2, 0) is 0 Å². The molecule has 0 radical (unpaired) electrons. The summed E-state index contributed by atoms with van der Waals surface area (Å²) in [5.41, 5.74) is 9.70. The summed E-state index contributed by atoms with van der Waals surface area (Å²) in [7, 11) is 0. The zero-order valence-corrected chi connectivity index (χ0v) is 38.9. The molecule has 2 aliphatic rings. The number of carboxylic acids is 2. The number of ketones is 1. The smallest absolute Gasteiger partial charge is 0.408 e. The number of nitrogens with zero attached hydrogens (tertiary/aromatic N) is 5. The summed E-state index contributed by atoms with van der Waals surface area (Å²) in [6.07, 6.45) is -10.0. The number of benzene rings is 4. The third-order valence-electron chi connectivity index (χ3n) is 10.4. The molecular formula is C48H40F6N10O6S2. The fourth-order valence-electron chi connectivity index (χ4n) is 7.10. The number of para-hydroxylation sites is 2. The van der Waals surface area contributed by atoms with Gasteiger partial charge in [0.05, 0.1) is 37.5 Å². The lowest BCUT2D eigenvalue weighted by Crippen LogP contribution is -2.41. The first-order chi connectivity index (χ1) is 34.3. The Balaban J connectivity index is 0.000000172. The molecule has 0 spiro atoms. The van der Waals surface area contributed by atoms with Crippen LogP contribution in [0.25, 0.3) is 42.9 Å². The van der Waals surface area contributed by atoms with E-state index >= 15 is 0 Å². The number of carbonyl (C=O) groups is 3. The Morgan fingerprint density at radius 2 is 1.12 bits per heavy atom. The predicted octanol–water partition coefficient (Wildman–Crippen LogP) is 10.6. The van der Waals surface area contributed by atoms with E-state index in [0.717, 1.165) is 25.6 Å². The third kappa shape index (κ3) is 12.6. The average molecular weight is 1030 g/mol. The first kappa shape index (κ1) is 51.8. The SMILES string of the molecule is CCO.NNc1nc2ccccc2s1.O=C(O)c1cccc(-c2ccc3c(c2)/C(=N/Nc2nc4ccccc4s2)CC(C(F)(F)F)N3)n1.O=C(O)c1cccc(-c2ccc3c(c2)C(=O)CC(C(F)(F)F)N3)n1. The second kappa shape index (κ2) is 22.4. The number of aliphatic hydroxyl groups excluding tert-OH is 1. The van der Waals surface area contributed by atoms with Gasteiger partial charge in [-0.15, -0.1) is 0 Å². The van der Waals surface area contributed by atoms with Crippen LogP contribution in [0.3, 0.4) is 0 Å². The average Bonchev–Trinajstić information content (AvgIpc) is 4.00. The molecule has 8 aromatic rings. The van der Waals surface area contributed by atoms with Gasteiger partial charge in [-0.1, -0.05) is 71.2 Å². The standard InChI is InChI=1S/C23H16F3N5O2S.C16H11F3N2O3.C7H7N3S.C2H6O/c24-23(25,26)20-11-18(30-31-22-29-16-4-1-2-7-19(16)34-22)13-10-12(8-9-15(13)28-20)14-5-3-6-17(27-14)21(32)33;17-16(18,19)14-7-13(22)9-6-8(4-5-11(9)21-14)10-2-1-3-12(20-10)15(23)24;8-10-7-9-5-3-1-2-4-6(5)11-7;1-2-3/h1-10,20,28H,11H2,(H,29,31)(H,32,33);1-6,14,21H,7H2,(H,23,24);1-4H,8H2,(H,9,10);3H,2H2,1H3/b30-18+;;;. The molecule has 4 aromatic carbocycles. The van der Waals surface area contributed by atoms with E-state index in [0.29, 0.717) is 33.2 Å². The molecular weight excluding hydrogens is 991 g/mol. The van der Waals surface area contributed by atoms with E-state index in [1.165, 1.54) is 53.8 Å².